The van der Waals surface area contributed by atoms with Gasteiger partial charge in [-0.05, 0) is 81.7 Å². The number of H-pyrrole nitrogens is 1. The van der Waals surface area contributed by atoms with Crippen molar-refractivity contribution in [1.82, 2.24) is 9.29 Å². The number of ether oxygens (including phenoxy) is 1. The number of pyridine rings is 1. The molecular weight excluding hydrogens is 436 g/mol. The number of rotatable bonds is 6. The summed E-state index contributed by atoms with van der Waals surface area (Å²) in [4.78, 5) is 16.3. The summed E-state index contributed by atoms with van der Waals surface area (Å²) in [5.74, 6) is 0. The Morgan fingerprint density at radius 3 is 2.24 bits per heavy atom. The summed E-state index contributed by atoms with van der Waals surface area (Å²) in [5, 5.41) is 0.902. The Kier molecular flexibility index (Phi) is 6.49. The first-order chi connectivity index (χ1) is 15.6. The van der Waals surface area contributed by atoms with Gasteiger partial charge >= 0.3 is 0 Å². The predicted octanol–water partition coefficient (Wildman–Crippen LogP) is 4.44. The summed E-state index contributed by atoms with van der Waals surface area (Å²) in [6, 6.07) is 9.63. The summed E-state index contributed by atoms with van der Waals surface area (Å²) in [7, 11) is -3.85. The topological polar surface area (TPSA) is 79.5 Å². The molecule has 0 saturated carbocycles. The van der Waals surface area contributed by atoms with Crippen LogP contribution in [0.25, 0.3) is 10.9 Å². The molecular formula is C26H32N2O4S. The van der Waals surface area contributed by atoms with E-state index in [2.05, 4.69) is 4.98 Å². The molecule has 1 aliphatic rings. The molecule has 1 aliphatic heterocycles. The molecule has 1 saturated heterocycles. The van der Waals surface area contributed by atoms with E-state index in [1.54, 1.807) is 0 Å². The van der Waals surface area contributed by atoms with Crippen LogP contribution in [0, 0.1) is 34.6 Å². The van der Waals surface area contributed by atoms with E-state index in [1.165, 1.54) is 4.31 Å². The fraction of sp³-hybridized carbons (Fsp3) is 0.423. The van der Waals surface area contributed by atoms with E-state index in [9.17, 15) is 13.2 Å². The molecule has 6 nitrogen and oxygen atoms in total. The molecule has 0 radical (unpaired) electrons. The second-order valence-electron chi connectivity index (χ2n) is 9.33. The highest BCUT2D eigenvalue weighted by molar-refractivity contribution is 7.89. The van der Waals surface area contributed by atoms with Crippen molar-refractivity contribution >= 4 is 20.9 Å². The molecule has 4 rings (SSSR count). The number of hydrogen-bond donors (Lipinski definition) is 1. The highest BCUT2D eigenvalue weighted by Gasteiger charge is 2.32. The maximum Gasteiger partial charge on any atom is 0.252 e. The van der Waals surface area contributed by atoms with Crippen molar-refractivity contribution in [2.24, 2.45) is 0 Å². The molecule has 2 heterocycles. The van der Waals surface area contributed by atoms with Crippen LogP contribution in [0.1, 0.15) is 46.2 Å². The molecule has 3 aromatic rings. The normalized spacial score (nSPS) is 16.7. The van der Waals surface area contributed by atoms with Gasteiger partial charge in [0.25, 0.3) is 5.56 Å². The van der Waals surface area contributed by atoms with Gasteiger partial charge in [-0.2, -0.15) is 4.31 Å². The van der Waals surface area contributed by atoms with Gasteiger partial charge in [-0.1, -0.05) is 29.3 Å². The molecule has 1 N–H and O–H groups in total. The van der Waals surface area contributed by atoms with Crippen LogP contribution in [-0.2, 0) is 21.3 Å². The summed E-state index contributed by atoms with van der Waals surface area (Å²) >= 11 is 0. The van der Waals surface area contributed by atoms with Crippen molar-refractivity contribution in [2.45, 2.75) is 65.0 Å². The highest BCUT2D eigenvalue weighted by atomic mass is 32.2. The molecule has 0 aliphatic carbocycles. The minimum absolute atomic E-state index is 0.00673. The Labute approximate surface area is 195 Å². The molecule has 7 heteroatoms. The molecule has 2 aromatic carbocycles. The Morgan fingerprint density at radius 2 is 1.61 bits per heavy atom. The van der Waals surface area contributed by atoms with Crippen molar-refractivity contribution in [3.63, 3.8) is 0 Å². The first kappa shape index (κ1) is 23.7. The van der Waals surface area contributed by atoms with Gasteiger partial charge in [-0.25, -0.2) is 8.42 Å². The number of benzene rings is 2. The largest absolute Gasteiger partial charge is 0.377 e. The lowest BCUT2D eigenvalue weighted by Gasteiger charge is -2.26. The minimum atomic E-state index is -3.85. The summed E-state index contributed by atoms with van der Waals surface area (Å²) < 4.78 is 35.0. The van der Waals surface area contributed by atoms with E-state index in [1.807, 2.05) is 65.0 Å². The van der Waals surface area contributed by atoms with Gasteiger partial charge in [0, 0.05) is 25.3 Å². The number of aromatic amines is 1. The van der Waals surface area contributed by atoms with Gasteiger partial charge in [-0.15, -0.1) is 0 Å². The average molecular weight is 469 g/mol. The van der Waals surface area contributed by atoms with Gasteiger partial charge in [0.05, 0.1) is 16.5 Å². The quantitative estimate of drug-likeness (QED) is 0.580. The van der Waals surface area contributed by atoms with Crippen LogP contribution in [0.4, 0.5) is 0 Å². The second kappa shape index (κ2) is 9.05. The number of aromatic nitrogens is 1. The monoisotopic (exact) mass is 468 g/mol. The molecule has 0 spiro atoms. The van der Waals surface area contributed by atoms with Crippen LogP contribution in [0.2, 0.25) is 0 Å². The molecule has 1 fully saturated rings. The van der Waals surface area contributed by atoms with Gasteiger partial charge in [0.1, 0.15) is 0 Å². The maximum atomic E-state index is 13.9. The zero-order chi connectivity index (χ0) is 23.9. The van der Waals surface area contributed by atoms with Gasteiger partial charge in [0.15, 0.2) is 0 Å². The van der Waals surface area contributed by atoms with E-state index >= 15 is 0 Å². The molecule has 0 bridgehead atoms. The number of nitrogens with zero attached hydrogens (tertiary/aromatic N) is 1. The summed E-state index contributed by atoms with van der Waals surface area (Å²) in [6.07, 6.45) is 1.55. The zero-order valence-electron chi connectivity index (χ0n) is 20.0. The lowest BCUT2D eigenvalue weighted by molar-refractivity contribution is 0.0925. The SMILES string of the molecule is Cc1cc(C)c(S(=O)(=O)N(Cc2cc3cc(C)cc(C)c3[nH]c2=O)C[C@@H]2CCCO2)c(C)c1. The second-order valence-corrected chi connectivity index (χ2v) is 11.2. The summed E-state index contributed by atoms with van der Waals surface area (Å²) in [5.41, 5.74) is 5.47. The summed E-state index contributed by atoms with van der Waals surface area (Å²) in [6.45, 7) is 10.4. The number of sulfonamides is 1. The molecule has 1 aromatic heterocycles. The molecule has 0 amide bonds. The van der Waals surface area contributed by atoms with Gasteiger partial charge in [-0.3, -0.25) is 4.79 Å². The highest BCUT2D eigenvalue weighted by Crippen LogP contribution is 2.28. The van der Waals surface area contributed by atoms with Crippen LogP contribution >= 0.6 is 0 Å². The molecule has 1 atom stereocenters. The van der Waals surface area contributed by atoms with E-state index in [4.69, 9.17) is 4.74 Å². The lowest BCUT2D eigenvalue weighted by atomic mass is 10.1. The lowest BCUT2D eigenvalue weighted by Crippen LogP contribution is -2.39. The standard InChI is InChI=1S/C26H32N2O4S/c1-16-10-19(4)25(20(5)11-16)33(30,31)28(15-23-7-6-8-32-23)14-22-13-21-12-17(2)9-18(3)24(21)27-26(22)29/h9-13,23H,6-8,14-15H2,1-5H3,(H,27,29)/t23-/m0/s1. The van der Waals surface area contributed by atoms with Crippen molar-refractivity contribution in [3.8, 4) is 0 Å². The van der Waals surface area contributed by atoms with Crippen LogP contribution in [0.3, 0.4) is 0 Å². The van der Waals surface area contributed by atoms with Gasteiger partial charge in [0.2, 0.25) is 10.0 Å². The first-order valence-electron chi connectivity index (χ1n) is 11.4. The third-order valence-electron chi connectivity index (χ3n) is 6.35. The number of aryl methyl sites for hydroxylation is 5. The van der Waals surface area contributed by atoms with Crippen LogP contribution < -0.4 is 5.56 Å². The number of nitrogens with one attached hydrogen (secondary N) is 1. The van der Waals surface area contributed by atoms with Crippen LogP contribution in [0.15, 0.2) is 40.0 Å². The smallest absolute Gasteiger partial charge is 0.252 e. The van der Waals surface area contributed by atoms with Crippen LogP contribution in [0.5, 0.6) is 0 Å². The fourth-order valence-electron chi connectivity index (χ4n) is 5.01. The molecule has 176 valence electrons. The Bertz CT molecular complexity index is 1350. The van der Waals surface area contributed by atoms with Crippen molar-refractivity contribution < 1.29 is 13.2 Å². The molecule has 33 heavy (non-hydrogen) atoms. The number of fused-ring (bicyclic) bond motifs is 1. The van der Waals surface area contributed by atoms with E-state index in [-0.39, 0.29) is 24.8 Å². The first-order valence-corrected chi connectivity index (χ1v) is 12.8. The fourth-order valence-corrected chi connectivity index (χ4v) is 6.87. The third-order valence-corrected chi connectivity index (χ3v) is 8.47. The van der Waals surface area contributed by atoms with E-state index in [0.29, 0.717) is 28.2 Å². The molecule has 0 unspecified atom stereocenters. The Balaban J connectivity index is 1.80. The zero-order valence-corrected chi connectivity index (χ0v) is 20.8. The van der Waals surface area contributed by atoms with E-state index < -0.39 is 10.0 Å². The average Bonchev–Trinajstić information content (AvgIpc) is 3.21. The van der Waals surface area contributed by atoms with Crippen LogP contribution in [-0.4, -0.2) is 37.0 Å². The third kappa shape index (κ3) is 4.76. The number of hydrogen-bond acceptors (Lipinski definition) is 4. The minimum Gasteiger partial charge on any atom is -0.377 e. The van der Waals surface area contributed by atoms with Gasteiger partial charge < -0.3 is 9.72 Å². The van der Waals surface area contributed by atoms with Crippen molar-refractivity contribution in [3.05, 3.63) is 74.1 Å². The Morgan fingerprint density at radius 1 is 0.970 bits per heavy atom. The predicted molar refractivity (Wildman–Crippen MR) is 131 cm³/mol. The maximum absolute atomic E-state index is 13.9. The Hall–Kier alpha value is -2.48. The van der Waals surface area contributed by atoms with Crippen molar-refractivity contribution in [2.75, 3.05) is 13.2 Å². The van der Waals surface area contributed by atoms with Crippen molar-refractivity contribution in [1.29, 1.82) is 0 Å². The van der Waals surface area contributed by atoms with E-state index in [0.717, 1.165) is 40.4 Å².